The van der Waals surface area contributed by atoms with Gasteiger partial charge in [0, 0.05) is 39.9 Å². The number of aryl methyl sites for hydroxylation is 1. The van der Waals surface area contributed by atoms with Crippen molar-refractivity contribution in [1.82, 2.24) is 24.7 Å². The Morgan fingerprint density at radius 2 is 1.95 bits per heavy atom. The Hall–Kier alpha value is -2.18. The van der Waals surface area contributed by atoms with E-state index in [1.165, 1.54) is 6.33 Å². The highest BCUT2D eigenvalue weighted by Crippen LogP contribution is 2.24. The third-order valence-corrected chi connectivity index (χ3v) is 3.94. The molecule has 0 spiro atoms. The van der Waals surface area contributed by atoms with E-state index in [0.29, 0.717) is 30.9 Å². The molecule has 1 aromatic rings. The van der Waals surface area contributed by atoms with Gasteiger partial charge in [0.15, 0.2) is 0 Å². The molecule has 7 nitrogen and oxygen atoms in total. The predicted octanol–water partition coefficient (Wildman–Crippen LogP) is 1.00. The van der Waals surface area contributed by atoms with Gasteiger partial charge in [-0.3, -0.25) is 4.79 Å². The summed E-state index contributed by atoms with van der Waals surface area (Å²) in [4.78, 5) is 38.1. The number of piperazine rings is 1. The van der Waals surface area contributed by atoms with Crippen LogP contribution in [0.15, 0.2) is 12.5 Å². The molecule has 0 N–H and O–H groups in total. The van der Waals surface area contributed by atoms with Gasteiger partial charge in [0.1, 0.15) is 6.33 Å². The second-order valence-electron chi connectivity index (χ2n) is 6.39. The van der Waals surface area contributed by atoms with Gasteiger partial charge >= 0.3 is 6.03 Å². The molecule has 120 valence electrons. The normalized spacial score (nSPS) is 17.3. The summed E-state index contributed by atoms with van der Waals surface area (Å²) < 4.78 is 0. The van der Waals surface area contributed by atoms with Crippen LogP contribution in [0.4, 0.5) is 4.79 Å². The Balaban J connectivity index is 2.19. The number of rotatable bonds is 1. The zero-order valence-electron chi connectivity index (χ0n) is 13.8. The summed E-state index contributed by atoms with van der Waals surface area (Å²) in [7, 11) is 3.47. The molecule has 1 aliphatic rings. The fourth-order valence-electron chi connectivity index (χ4n) is 2.72. The maximum atomic E-state index is 12.8. The molecule has 1 saturated heterocycles. The summed E-state index contributed by atoms with van der Waals surface area (Å²) in [5.74, 6) is -0.0833. The number of carbonyl (C=O) groups is 2. The summed E-state index contributed by atoms with van der Waals surface area (Å²) >= 11 is 0. The molecule has 0 saturated carbocycles. The molecule has 3 amide bonds. The molecule has 7 heteroatoms. The number of nitrogens with zero attached hydrogens (tertiary/aromatic N) is 5. The molecule has 2 heterocycles. The third kappa shape index (κ3) is 3.03. The second kappa shape index (κ2) is 5.90. The first-order valence-corrected chi connectivity index (χ1v) is 7.29. The van der Waals surface area contributed by atoms with Crippen molar-refractivity contribution in [2.24, 2.45) is 0 Å². The van der Waals surface area contributed by atoms with E-state index in [1.54, 1.807) is 41.9 Å². The van der Waals surface area contributed by atoms with Crippen molar-refractivity contribution in [1.29, 1.82) is 0 Å². The van der Waals surface area contributed by atoms with Crippen LogP contribution in [-0.4, -0.2) is 75.9 Å². The summed E-state index contributed by atoms with van der Waals surface area (Å²) in [5.41, 5.74) is 0.745. The van der Waals surface area contributed by atoms with Crippen LogP contribution in [0.5, 0.6) is 0 Å². The SMILES string of the molecule is Cc1ncncc1C(=O)N1CCN(C(=O)N(C)C)CC1(C)C. The van der Waals surface area contributed by atoms with E-state index >= 15 is 0 Å². The quantitative estimate of drug-likeness (QED) is 0.776. The van der Waals surface area contributed by atoms with Crippen molar-refractivity contribution in [3.05, 3.63) is 23.8 Å². The first-order valence-electron chi connectivity index (χ1n) is 7.29. The van der Waals surface area contributed by atoms with Crippen LogP contribution in [-0.2, 0) is 0 Å². The zero-order chi connectivity index (χ0) is 16.5. The van der Waals surface area contributed by atoms with Crippen LogP contribution in [0.2, 0.25) is 0 Å². The lowest BCUT2D eigenvalue weighted by atomic mass is 9.97. The number of amides is 3. The standard InChI is InChI=1S/C15H23N5O2/c1-11-12(8-16-10-17-11)13(21)20-7-6-19(9-15(20,2)3)14(22)18(4)5/h8,10H,6-7,9H2,1-5H3. The predicted molar refractivity (Wildman–Crippen MR) is 82.5 cm³/mol. The number of aromatic nitrogens is 2. The molecule has 1 aliphatic heterocycles. The minimum Gasteiger partial charge on any atom is -0.331 e. The lowest BCUT2D eigenvalue weighted by Crippen LogP contribution is -2.63. The van der Waals surface area contributed by atoms with Crippen LogP contribution in [0.3, 0.4) is 0 Å². The molecule has 0 aliphatic carbocycles. The van der Waals surface area contributed by atoms with E-state index < -0.39 is 5.54 Å². The van der Waals surface area contributed by atoms with Crippen molar-refractivity contribution in [3.8, 4) is 0 Å². The lowest BCUT2D eigenvalue weighted by molar-refractivity contribution is 0.0240. The van der Waals surface area contributed by atoms with E-state index in [0.717, 1.165) is 0 Å². The molecular weight excluding hydrogens is 282 g/mol. The van der Waals surface area contributed by atoms with Crippen molar-refractivity contribution in [2.45, 2.75) is 26.3 Å². The highest BCUT2D eigenvalue weighted by Gasteiger charge is 2.39. The van der Waals surface area contributed by atoms with Crippen LogP contribution in [0, 0.1) is 6.92 Å². The van der Waals surface area contributed by atoms with E-state index in [-0.39, 0.29) is 11.9 Å². The largest absolute Gasteiger partial charge is 0.331 e. The van der Waals surface area contributed by atoms with E-state index in [2.05, 4.69) is 9.97 Å². The summed E-state index contributed by atoms with van der Waals surface area (Å²) in [5, 5.41) is 0. The third-order valence-electron chi connectivity index (χ3n) is 3.94. The molecule has 0 radical (unpaired) electrons. The highest BCUT2D eigenvalue weighted by molar-refractivity contribution is 5.95. The first kappa shape index (κ1) is 16.2. The minimum absolute atomic E-state index is 0.0283. The number of carbonyl (C=O) groups excluding carboxylic acids is 2. The average molecular weight is 305 g/mol. The number of hydrogen-bond donors (Lipinski definition) is 0. The van der Waals surface area contributed by atoms with Crippen LogP contribution >= 0.6 is 0 Å². The van der Waals surface area contributed by atoms with Gasteiger partial charge in [-0.1, -0.05) is 0 Å². The van der Waals surface area contributed by atoms with Gasteiger partial charge in [-0.2, -0.15) is 0 Å². The second-order valence-corrected chi connectivity index (χ2v) is 6.39. The highest BCUT2D eigenvalue weighted by atomic mass is 16.2. The molecular formula is C15H23N5O2. The van der Waals surface area contributed by atoms with Crippen molar-refractivity contribution >= 4 is 11.9 Å². The van der Waals surface area contributed by atoms with Gasteiger partial charge in [-0.25, -0.2) is 14.8 Å². The Morgan fingerprint density at radius 1 is 1.27 bits per heavy atom. The van der Waals surface area contributed by atoms with Gasteiger partial charge in [0.05, 0.1) is 16.8 Å². The number of hydrogen-bond acceptors (Lipinski definition) is 4. The maximum absolute atomic E-state index is 12.8. The Kier molecular flexibility index (Phi) is 4.35. The molecule has 1 aromatic heterocycles. The Labute approximate surface area is 130 Å². The van der Waals surface area contributed by atoms with Crippen molar-refractivity contribution in [3.63, 3.8) is 0 Å². The topological polar surface area (TPSA) is 69.6 Å². The van der Waals surface area contributed by atoms with Gasteiger partial charge in [-0.05, 0) is 20.8 Å². The minimum atomic E-state index is -0.441. The van der Waals surface area contributed by atoms with Crippen molar-refractivity contribution in [2.75, 3.05) is 33.7 Å². The van der Waals surface area contributed by atoms with E-state index in [1.807, 2.05) is 13.8 Å². The van der Waals surface area contributed by atoms with Gasteiger partial charge in [-0.15, -0.1) is 0 Å². The summed E-state index contributed by atoms with van der Waals surface area (Å²) in [6.07, 6.45) is 2.99. The summed E-state index contributed by atoms with van der Waals surface area (Å²) in [6.45, 7) is 7.27. The fraction of sp³-hybridized carbons (Fsp3) is 0.600. The van der Waals surface area contributed by atoms with Crippen LogP contribution in [0.25, 0.3) is 0 Å². The molecule has 0 unspecified atom stereocenters. The molecule has 0 atom stereocenters. The van der Waals surface area contributed by atoms with Crippen LogP contribution in [0.1, 0.15) is 29.9 Å². The van der Waals surface area contributed by atoms with E-state index in [4.69, 9.17) is 0 Å². The fourth-order valence-corrected chi connectivity index (χ4v) is 2.72. The van der Waals surface area contributed by atoms with E-state index in [9.17, 15) is 9.59 Å². The molecule has 22 heavy (non-hydrogen) atoms. The first-order chi connectivity index (χ1) is 10.2. The lowest BCUT2D eigenvalue weighted by Gasteiger charge is -2.47. The van der Waals surface area contributed by atoms with Gasteiger partial charge in [0.2, 0.25) is 0 Å². The van der Waals surface area contributed by atoms with Gasteiger partial charge < -0.3 is 14.7 Å². The molecule has 2 rings (SSSR count). The number of urea groups is 1. The summed E-state index contributed by atoms with van der Waals surface area (Å²) in [6, 6.07) is -0.0283. The molecule has 1 fully saturated rings. The molecule has 0 aromatic carbocycles. The molecule has 0 bridgehead atoms. The van der Waals surface area contributed by atoms with Gasteiger partial charge in [0.25, 0.3) is 5.91 Å². The smallest absolute Gasteiger partial charge is 0.319 e. The van der Waals surface area contributed by atoms with Crippen LogP contribution < -0.4 is 0 Å². The Morgan fingerprint density at radius 3 is 2.50 bits per heavy atom. The Bertz CT molecular complexity index is 585. The monoisotopic (exact) mass is 305 g/mol. The van der Waals surface area contributed by atoms with Crippen molar-refractivity contribution < 1.29 is 9.59 Å². The average Bonchev–Trinajstić information content (AvgIpc) is 2.45. The zero-order valence-corrected chi connectivity index (χ0v) is 13.8. The maximum Gasteiger partial charge on any atom is 0.319 e.